The lowest BCUT2D eigenvalue weighted by Crippen LogP contribution is -2.14. The number of nitrogens with zero attached hydrogens (tertiary/aromatic N) is 1. The van der Waals surface area contributed by atoms with Crippen molar-refractivity contribution in [1.29, 1.82) is 5.26 Å². The van der Waals surface area contributed by atoms with Crippen molar-refractivity contribution in [2.75, 3.05) is 52.9 Å². The van der Waals surface area contributed by atoms with Gasteiger partial charge in [-0.05, 0) is 163 Å². The monoisotopic (exact) mass is 1120 g/mol. The molecule has 0 fully saturated rings. The van der Waals surface area contributed by atoms with Crippen molar-refractivity contribution in [2.24, 2.45) is 0 Å². The summed E-state index contributed by atoms with van der Waals surface area (Å²) in [6, 6.07) is 50.2. The lowest BCUT2D eigenvalue weighted by Gasteiger charge is -2.12. The van der Waals surface area contributed by atoms with Crippen LogP contribution >= 0.6 is 0 Å². The molecule has 0 aliphatic rings. The van der Waals surface area contributed by atoms with Gasteiger partial charge in [-0.25, -0.2) is 14.4 Å². The van der Waals surface area contributed by atoms with E-state index in [1.165, 1.54) is 18.2 Å². The second-order valence-corrected chi connectivity index (χ2v) is 19.3. The molecule has 12 nitrogen and oxygen atoms in total. The molecule has 428 valence electrons. The molecule has 0 spiro atoms. The van der Waals surface area contributed by atoms with Gasteiger partial charge in [-0.3, -0.25) is 0 Å². The highest BCUT2D eigenvalue weighted by molar-refractivity contribution is 5.97. The number of benzene rings is 7. The van der Waals surface area contributed by atoms with Crippen LogP contribution in [-0.4, -0.2) is 70.8 Å². The average Bonchev–Trinajstić information content (AvgIpc) is 3.73. The fraction of sp³-hybridized carbons (Fsp3) is 0.250. The van der Waals surface area contributed by atoms with Crippen molar-refractivity contribution in [1.82, 2.24) is 0 Å². The van der Waals surface area contributed by atoms with Gasteiger partial charge in [0.05, 0.1) is 75.6 Å². The molecular weight excluding hydrogens is 1050 g/mol. The Balaban J connectivity index is 0.888. The lowest BCUT2D eigenvalue weighted by molar-refractivity contribution is 0.0490. The summed E-state index contributed by atoms with van der Waals surface area (Å²) < 4.78 is 45.6. The van der Waals surface area contributed by atoms with E-state index in [2.05, 4.69) is 42.9 Å². The van der Waals surface area contributed by atoms with Gasteiger partial charge in [-0.2, -0.15) is 5.26 Å². The molecule has 0 saturated carbocycles. The zero-order valence-corrected chi connectivity index (χ0v) is 47.3. The molecular formula is C72H69NO11. The molecule has 7 rings (SSSR count). The summed E-state index contributed by atoms with van der Waals surface area (Å²) in [5.41, 5.74) is 6.14. The average molecular weight is 1120 g/mol. The fourth-order valence-corrected chi connectivity index (χ4v) is 8.30. The number of hydrogen-bond acceptors (Lipinski definition) is 12. The fourth-order valence-electron chi connectivity index (χ4n) is 8.30. The Morgan fingerprint density at radius 1 is 0.381 bits per heavy atom. The van der Waals surface area contributed by atoms with Crippen molar-refractivity contribution in [3.05, 3.63) is 234 Å². The van der Waals surface area contributed by atoms with Crippen LogP contribution in [-0.2, 0) is 14.2 Å². The molecule has 0 aromatic heterocycles. The van der Waals surface area contributed by atoms with E-state index in [0.717, 1.165) is 97.3 Å². The van der Waals surface area contributed by atoms with E-state index in [1.54, 1.807) is 60.7 Å². The Hall–Kier alpha value is -9.64. The van der Waals surface area contributed by atoms with E-state index in [4.69, 9.17) is 43.2 Å². The topological polar surface area (TPSA) is 149 Å². The highest BCUT2D eigenvalue weighted by atomic mass is 16.6. The maximum atomic E-state index is 13.8. The van der Waals surface area contributed by atoms with Crippen molar-refractivity contribution < 1.29 is 52.3 Å². The molecule has 0 N–H and O–H groups in total. The first kappa shape index (κ1) is 62.0. The van der Waals surface area contributed by atoms with Gasteiger partial charge in [0.15, 0.2) is 0 Å². The molecule has 0 radical (unpaired) electrons. The van der Waals surface area contributed by atoms with Gasteiger partial charge in [-0.15, -0.1) is 13.2 Å². The molecule has 0 heterocycles. The number of hydrogen-bond donors (Lipinski definition) is 0. The third kappa shape index (κ3) is 21.7. The minimum atomic E-state index is -0.727. The summed E-state index contributed by atoms with van der Waals surface area (Å²) in [6.45, 7) is 11.4. The molecule has 0 unspecified atom stereocenters. The van der Waals surface area contributed by atoms with Crippen LogP contribution in [0.5, 0.6) is 28.7 Å². The molecule has 0 bridgehead atoms. The zero-order chi connectivity index (χ0) is 58.8. The van der Waals surface area contributed by atoms with Crippen LogP contribution in [0, 0.1) is 35.0 Å². The molecule has 0 amide bonds. The lowest BCUT2D eigenvalue weighted by atomic mass is 10.0. The summed E-state index contributed by atoms with van der Waals surface area (Å²) in [6.07, 6.45) is 12.7. The molecule has 84 heavy (non-hydrogen) atoms. The second kappa shape index (κ2) is 35.3. The second-order valence-electron chi connectivity index (χ2n) is 19.3. The molecule has 7 aromatic rings. The summed E-state index contributed by atoms with van der Waals surface area (Å²) in [5.74, 6) is 12.7. The standard InChI is InChI=1S/C72H69NO11/c1-3-45-77-47-13-51-80-64-37-25-57(26-38-64)17-15-55-19-31-62(32-20-55)70(74)83-67-43-44-69(84-71(75)63-33-21-56(22-34-63)16-18-58-27-39-65(40-28-58)81-52-14-48-78-46-4-2)68(53-67)72(76)82-50-12-10-8-6-5-7-9-11-49-79-66-41-35-61(36-42-66)60-29-23-59(54-73)24-30-60/h3-4,19-44,53H,1-2,5-14,45-52H2. The maximum Gasteiger partial charge on any atom is 0.343 e. The highest BCUT2D eigenvalue weighted by Crippen LogP contribution is 2.28. The Bertz CT molecular complexity index is 3380. The van der Waals surface area contributed by atoms with Crippen LogP contribution in [0.25, 0.3) is 11.1 Å². The van der Waals surface area contributed by atoms with Crippen molar-refractivity contribution in [3.8, 4) is 69.6 Å². The predicted octanol–water partition coefficient (Wildman–Crippen LogP) is 14.8. The van der Waals surface area contributed by atoms with Crippen LogP contribution in [0.3, 0.4) is 0 Å². The molecule has 0 saturated heterocycles. The Morgan fingerprint density at radius 2 is 0.750 bits per heavy atom. The Morgan fingerprint density at radius 3 is 1.20 bits per heavy atom. The summed E-state index contributed by atoms with van der Waals surface area (Å²) >= 11 is 0. The van der Waals surface area contributed by atoms with Gasteiger partial charge in [0.1, 0.15) is 34.3 Å². The number of unbranched alkanes of at least 4 members (excludes halogenated alkanes) is 7. The van der Waals surface area contributed by atoms with Crippen LogP contribution < -0.4 is 23.7 Å². The summed E-state index contributed by atoms with van der Waals surface area (Å²) in [7, 11) is 0. The largest absolute Gasteiger partial charge is 0.494 e. The smallest absolute Gasteiger partial charge is 0.343 e. The van der Waals surface area contributed by atoms with Crippen molar-refractivity contribution in [2.45, 2.75) is 64.2 Å². The van der Waals surface area contributed by atoms with Crippen molar-refractivity contribution in [3.63, 3.8) is 0 Å². The van der Waals surface area contributed by atoms with E-state index in [1.807, 2.05) is 97.1 Å². The molecule has 0 aliphatic heterocycles. The SMILES string of the molecule is C=CCOCCCOc1ccc(C#Cc2ccc(C(=O)Oc3ccc(OC(=O)c4ccc(C#Cc5ccc(OCCCOCC=C)cc5)cc4)c(C(=O)OCCCCCCCCCCOc4ccc(-c5ccc(C#N)cc5)cc4)c3)cc2)cc1. The van der Waals surface area contributed by atoms with Gasteiger partial charge < -0.3 is 37.9 Å². The number of nitriles is 1. The normalized spacial score (nSPS) is 10.4. The minimum absolute atomic E-state index is 0.0554. The number of rotatable bonds is 32. The predicted molar refractivity (Wildman–Crippen MR) is 326 cm³/mol. The molecule has 0 atom stereocenters. The van der Waals surface area contributed by atoms with Crippen LogP contribution in [0.2, 0.25) is 0 Å². The van der Waals surface area contributed by atoms with E-state index in [9.17, 15) is 14.4 Å². The van der Waals surface area contributed by atoms with Crippen molar-refractivity contribution >= 4 is 17.9 Å². The van der Waals surface area contributed by atoms with Gasteiger partial charge in [0, 0.05) is 35.1 Å². The first-order valence-corrected chi connectivity index (χ1v) is 28.3. The number of carbonyl (C=O) groups excluding carboxylic acids is 3. The van der Waals surface area contributed by atoms with Crippen LogP contribution in [0.1, 0.15) is 123 Å². The summed E-state index contributed by atoms with van der Waals surface area (Å²) in [4.78, 5) is 40.7. The Kier molecular flexibility index (Phi) is 26.0. The van der Waals surface area contributed by atoms with E-state index in [0.29, 0.717) is 69.4 Å². The summed E-state index contributed by atoms with van der Waals surface area (Å²) in [5, 5.41) is 9.06. The quantitative estimate of drug-likeness (QED) is 0.0130. The number of carbonyl (C=O) groups is 3. The minimum Gasteiger partial charge on any atom is -0.494 e. The van der Waals surface area contributed by atoms with Gasteiger partial charge in [0.25, 0.3) is 0 Å². The molecule has 0 aliphatic carbocycles. The van der Waals surface area contributed by atoms with E-state index in [-0.39, 0.29) is 34.8 Å². The molecule has 12 heteroatoms. The van der Waals surface area contributed by atoms with E-state index >= 15 is 0 Å². The zero-order valence-electron chi connectivity index (χ0n) is 47.3. The van der Waals surface area contributed by atoms with Gasteiger partial charge in [0.2, 0.25) is 0 Å². The first-order chi connectivity index (χ1) is 41.3. The van der Waals surface area contributed by atoms with Crippen LogP contribution in [0.4, 0.5) is 0 Å². The third-order valence-electron chi connectivity index (χ3n) is 12.9. The highest BCUT2D eigenvalue weighted by Gasteiger charge is 2.21. The Labute approximate surface area is 493 Å². The number of esters is 3. The van der Waals surface area contributed by atoms with Gasteiger partial charge in [-0.1, -0.05) is 98.6 Å². The third-order valence-corrected chi connectivity index (χ3v) is 12.9. The maximum absolute atomic E-state index is 13.8. The first-order valence-electron chi connectivity index (χ1n) is 28.3. The van der Waals surface area contributed by atoms with Gasteiger partial charge >= 0.3 is 17.9 Å². The van der Waals surface area contributed by atoms with E-state index < -0.39 is 17.9 Å². The number of ether oxygens (including phenoxy) is 8. The molecule has 7 aromatic carbocycles. The van der Waals surface area contributed by atoms with Crippen LogP contribution in [0.15, 0.2) is 189 Å².